The van der Waals surface area contributed by atoms with Gasteiger partial charge in [0.25, 0.3) is 0 Å². The lowest BCUT2D eigenvalue weighted by Gasteiger charge is -2.13. The van der Waals surface area contributed by atoms with Crippen molar-refractivity contribution in [2.24, 2.45) is 0 Å². The summed E-state index contributed by atoms with van der Waals surface area (Å²) in [6.07, 6.45) is 0. The summed E-state index contributed by atoms with van der Waals surface area (Å²) in [5.74, 6) is -0.974. The van der Waals surface area contributed by atoms with E-state index >= 15 is 0 Å². The van der Waals surface area contributed by atoms with Crippen LogP contribution in [-0.2, 0) is 14.8 Å². The number of aliphatic carboxylic acids is 1. The number of carboxylic acids is 1. The van der Waals surface area contributed by atoms with Crippen LogP contribution in [0.4, 0.5) is 0 Å². The summed E-state index contributed by atoms with van der Waals surface area (Å²) in [7, 11) is -2.60. The maximum atomic E-state index is 12.0. The molecule has 0 bridgehead atoms. The van der Waals surface area contributed by atoms with Gasteiger partial charge in [-0.3, -0.25) is 4.79 Å². The third-order valence-corrected chi connectivity index (χ3v) is 4.99. The minimum atomic E-state index is -4.00. The van der Waals surface area contributed by atoms with E-state index in [0.717, 1.165) is 0 Å². The van der Waals surface area contributed by atoms with E-state index in [1.54, 1.807) is 0 Å². The van der Waals surface area contributed by atoms with Crippen molar-refractivity contribution in [1.29, 1.82) is 0 Å². The van der Waals surface area contributed by atoms with E-state index in [4.69, 9.17) is 21.4 Å². The first-order chi connectivity index (χ1) is 8.69. The van der Waals surface area contributed by atoms with E-state index in [9.17, 15) is 13.2 Å². The maximum absolute atomic E-state index is 12.0. The van der Waals surface area contributed by atoms with Gasteiger partial charge in [0.1, 0.15) is 11.8 Å². The quantitative estimate of drug-likeness (QED) is 0.823. The summed E-state index contributed by atoms with van der Waals surface area (Å²) in [4.78, 5) is 10.5. The standard InChI is InChI=1S/C10H11BrClNO5S/c1-5(10(14)15)13-19(16,17)9-4-7(12)8(18-2)3-6(9)11/h3-5,13H,1-2H3,(H,14,15)/t5-/m1/s1. The maximum Gasteiger partial charge on any atom is 0.321 e. The molecule has 1 aromatic rings. The number of rotatable bonds is 5. The Balaban J connectivity index is 3.22. The van der Waals surface area contributed by atoms with Crippen molar-refractivity contribution in [3.8, 4) is 5.75 Å². The Morgan fingerprint density at radius 2 is 2.11 bits per heavy atom. The summed E-state index contributed by atoms with van der Waals surface area (Å²) >= 11 is 8.93. The monoisotopic (exact) mass is 371 g/mol. The minimum Gasteiger partial charge on any atom is -0.495 e. The van der Waals surface area contributed by atoms with E-state index in [-0.39, 0.29) is 14.4 Å². The summed E-state index contributed by atoms with van der Waals surface area (Å²) < 4.78 is 31.2. The number of methoxy groups -OCH3 is 1. The Labute approximate surface area is 123 Å². The fraction of sp³-hybridized carbons (Fsp3) is 0.300. The van der Waals surface area contributed by atoms with Gasteiger partial charge in [-0.05, 0) is 35.0 Å². The number of ether oxygens (including phenoxy) is 1. The number of carboxylic acid groups (broad SMARTS) is 1. The van der Waals surface area contributed by atoms with Crippen LogP contribution in [0.3, 0.4) is 0 Å². The van der Waals surface area contributed by atoms with Gasteiger partial charge < -0.3 is 9.84 Å². The van der Waals surface area contributed by atoms with Crippen LogP contribution in [0.2, 0.25) is 5.02 Å². The van der Waals surface area contributed by atoms with Crippen molar-refractivity contribution in [3.05, 3.63) is 21.6 Å². The zero-order chi connectivity index (χ0) is 14.8. The second-order valence-electron chi connectivity index (χ2n) is 3.60. The normalized spacial score (nSPS) is 13.1. The van der Waals surface area contributed by atoms with Gasteiger partial charge in [-0.15, -0.1) is 0 Å². The average Bonchev–Trinajstić information content (AvgIpc) is 2.30. The smallest absolute Gasteiger partial charge is 0.321 e. The van der Waals surface area contributed by atoms with Crippen LogP contribution >= 0.6 is 27.5 Å². The van der Waals surface area contributed by atoms with Crippen LogP contribution in [0.5, 0.6) is 5.75 Å². The lowest BCUT2D eigenvalue weighted by Crippen LogP contribution is -2.38. The van der Waals surface area contributed by atoms with Crippen molar-refractivity contribution < 1.29 is 23.1 Å². The van der Waals surface area contributed by atoms with Gasteiger partial charge in [-0.25, -0.2) is 8.42 Å². The predicted molar refractivity (Wildman–Crippen MR) is 73.1 cm³/mol. The predicted octanol–water partition coefficient (Wildman–Crippen LogP) is 1.86. The molecule has 9 heteroatoms. The highest BCUT2D eigenvalue weighted by atomic mass is 79.9. The molecule has 2 N–H and O–H groups in total. The second kappa shape index (κ2) is 6.08. The molecular formula is C10H11BrClNO5S. The van der Waals surface area contributed by atoms with E-state index in [1.165, 1.54) is 26.2 Å². The van der Waals surface area contributed by atoms with Crippen LogP contribution in [-0.4, -0.2) is 32.6 Å². The Bertz CT molecular complexity index is 604. The SMILES string of the molecule is COc1cc(Br)c(S(=O)(=O)N[C@H](C)C(=O)O)cc1Cl. The first kappa shape index (κ1) is 16.2. The molecule has 0 heterocycles. The van der Waals surface area contributed by atoms with E-state index in [2.05, 4.69) is 15.9 Å². The van der Waals surface area contributed by atoms with Crippen molar-refractivity contribution in [1.82, 2.24) is 4.72 Å². The van der Waals surface area contributed by atoms with Gasteiger partial charge in [-0.1, -0.05) is 11.6 Å². The molecule has 0 radical (unpaired) electrons. The first-order valence-corrected chi connectivity index (χ1v) is 7.62. The number of hydrogen-bond acceptors (Lipinski definition) is 4. The molecule has 0 aliphatic rings. The molecule has 0 spiro atoms. The number of benzene rings is 1. The number of halogens is 2. The molecule has 0 saturated carbocycles. The number of hydrogen-bond donors (Lipinski definition) is 2. The van der Waals surface area contributed by atoms with Gasteiger partial charge in [0.2, 0.25) is 10.0 Å². The Morgan fingerprint density at radius 3 is 2.58 bits per heavy atom. The van der Waals surface area contributed by atoms with Crippen LogP contribution in [0, 0.1) is 0 Å². The Hall–Kier alpha value is -0.830. The largest absolute Gasteiger partial charge is 0.495 e. The molecule has 6 nitrogen and oxygen atoms in total. The van der Waals surface area contributed by atoms with Crippen LogP contribution < -0.4 is 9.46 Å². The molecule has 0 fully saturated rings. The molecule has 1 aromatic carbocycles. The molecule has 0 aliphatic carbocycles. The second-order valence-corrected chi connectivity index (χ2v) is 6.54. The molecule has 1 atom stereocenters. The summed E-state index contributed by atoms with van der Waals surface area (Å²) in [6, 6.07) is 1.32. The van der Waals surface area contributed by atoms with Crippen molar-refractivity contribution in [2.45, 2.75) is 17.9 Å². The van der Waals surface area contributed by atoms with Gasteiger partial charge in [0.15, 0.2) is 0 Å². The number of carbonyl (C=O) groups is 1. The van der Waals surface area contributed by atoms with Crippen LogP contribution in [0.25, 0.3) is 0 Å². The Morgan fingerprint density at radius 1 is 1.53 bits per heavy atom. The molecule has 0 aliphatic heterocycles. The Kier molecular flexibility index (Phi) is 5.19. The van der Waals surface area contributed by atoms with Gasteiger partial charge >= 0.3 is 5.97 Å². The summed E-state index contributed by atoms with van der Waals surface area (Å²) in [6.45, 7) is 1.22. The molecule has 0 saturated heterocycles. The molecule has 0 unspecified atom stereocenters. The van der Waals surface area contributed by atoms with E-state index in [0.29, 0.717) is 5.75 Å². The molecule has 106 valence electrons. The molecular weight excluding hydrogens is 362 g/mol. The third-order valence-electron chi connectivity index (χ3n) is 2.20. The zero-order valence-electron chi connectivity index (χ0n) is 9.98. The summed E-state index contributed by atoms with van der Waals surface area (Å²) in [5.41, 5.74) is 0. The van der Waals surface area contributed by atoms with Crippen molar-refractivity contribution in [3.63, 3.8) is 0 Å². The molecule has 19 heavy (non-hydrogen) atoms. The summed E-state index contributed by atoms with van der Waals surface area (Å²) in [5, 5.41) is 8.82. The minimum absolute atomic E-state index is 0.106. The van der Waals surface area contributed by atoms with Crippen molar-refractivity contribution >= 4 is 43.5 Å². The highest BCUT2D eigenvalue weighted by molar-refractivity contribution is 9.10. The van der Waals surface area contributed by atoms with Crippen molar-refractivity contribution in [2.75, 3.05) is 7.11 Å². The van der Waals surface area contributed by atoms with E-state index in [1.807, 2.05) is 4.72 Å². The molecule has 1 rings (SSSR count). The zero-order valence-corrected chi connectivity index (χ0v) is 13.1. The number of nitrogens with one attached hydrogen (secondary N) is 1. The highest BCUT2D eigenvalue weighted by Gasteiger charge is 2.24. The fourth-order valence-electron chi connectivity index (χ4n) is 1.22. The highest BCUT2D eigenvalue weighted by Crippen LogP contribution is 2.33. The molecule has 0 amide bonds. The van der Waals surface area contributed by atoms with E-state index < -0.39 is 22.0 Å². The van der Waals surface area contributed by atoms with Gasteiger partial charge in [0, 0.05) is 4.47 Å². The third kappa shape index (κ3) is 3.82. The lowest BCUT2D eigenvalue weighted by atomic mass is 10.3. The average molecular weight is 373 g/mol. The van der Waals surface area contributed by atoms with Crippen LogP contribution in [0.1, 0.15) is 6.92 Å². The molecule has 0 aromatic heterocycles. The van der Waals surface area contributed by atoms with Gasteiger partial charge in [0.05, 0.1) is 17.0 Å². The first-order valence-electron chi connectivity index (χ1n) is 4.97. The fourth-order valence-corrected chi connectivity index (χ4v) is 3.77. The topological polar surface area (TPSA) is 92.7 Å². The van der Waals surface area contributed by atoms with Gasteiger partial charge in [-0.2, -0.15) is 4.72 Å². The lowest BCUT2D eigenvalue weighted by molar-refractivity contribution is -0.138. The number of sulfonamides is 1. The van der Waals surface area contributed by atoms with Crippen LogP contribution in [0.15, 0.2) is 21.5 Å².